The number of fused-ring (bicyclic) bond motifs is 1. The standard InChI is InChI=1S/C19H18N4O2/c24-19(16-6-2-3-7-17(16)23-13-20-12-22-23)21-10-14-9-15-5-1-4-8-18(15)25-11-14/h1-8,12-14H,9-11H2,(H,21,24)/t14-/m1/s1. The van der Waals surface area contributed by atoms with Gasteiger partial charge in [-0.1, -0.05) is 30.3 Å². The number of rotatable bonds is 4. The summed E-state index contributed by atoms with van der Waals surface area (Å²) in [5.74, 6) is 1.09. The van der Waals surface area contributed by atoms with E-state index < -0.39 is 0 Å². The van der Waals surface area contributed by atoms with Gasteiger partial charge in [-0.05, 0) is 30.2 Å². The van der Waals surface area contributed by atoms with Gasteiger partial charge in [0.15, 0.2) is 0 Å². The third-order valence-electron chi connectivity index (χ3n) is 4.32. The molecule has 0 radical (unpaired) electrons. The Hall–Kier alpha value is -3.15. The van der Waals surface area contributed by atoms with Crippen molar-refractivity contribution in [3.05, 3.63) is 72.3 Å². The van der Waals surface area contributed by atoms with Gasteiger partial charge in [-0.15, -0.1) is 0 Å². The van der Waals surface area contributed by atoms with E-state index in [1.807, 2.05) is 36.4 Å². The van der Waals surface area contributed by atoms with E-state index in [1.165, 1.54) is 11.9 Å². The molecular weight excluding hydrogens is 316 g/mol. The molecule has 1 amide bonds. The number of aromatic nitrogens is 3. The van der Waals surface area contributed by atoms with Gasteiger partial charge in [0.2, 0.25) is 0 Å². The SMILES string of the molecule is O=C(NC[C@@H]1COc2ccccc2C1)c1ccccc1-n1cncn1. The fourth-order valence-electron chi connectivity index (χ4n) is 3.05. The predicted molar refractivity (Wildman–Crippen MR) is 92.8 cm³/mol. The summed E-state index contributed by atoms with van der Waals surface area (Å²) in [5, 5.41) is 7.13. The second kappa shape index (κ2) is 6.76. The maximum Gasteiger partial charge on any atom is 0.253 e. The van der Waals surface area contributed by atoms with E-state index in [0.29, 0.717) is 24.4 Å². The Morgan fingerprint density at radius 2 is 2.04 bits per heavy atom. The van der Waals surface area contributed by atoms with Crippen LogP contribution >= 0.6 is 0 Å². The fourth-order valence-corrected chi connectivity index (χ4v) is 3.05. The van der Waals surface area contributed by atoms with Crippen LogP contribution in [0.15, 0.2) is 61.2 Å². The van der Waals surface area contributed by atoms with Crippen molar-refractivity contribution in [1.29, 1.82) is 0 Å². The number of hydrogen-bond donors (Lipinski definition) is 1. The van der Waals surface area contributed by atoms with Crippen LogP contribution in [-0.2, 0) is 6.42 Å². The van der Waals surface area contributed by atoms with Gasteiger partial charge in [-0.25, -0.2) is 9.67 Å². The fraction of sp³-hybridized carbons (Fsp3) is 0.211. The van der Waals surface area contributed by atoms with Crippen LogP contribution in [0.2, 0.25) is 0 Å². The average molecular weight is 334 g/mol. The summed E-state index contributed by atoms with van der Waals surface area (Å²) in [7, 11) is 0. The first-order valence-corrected chi connectivity index (χ1v) is 8.24. The van der Waals surface area contributed by atoms with E-state index in [9.17, 15) is 4.79 Å². The molecule has 6 heteroatoms. The quantitative estimate of drug-likeness (QED) is 0.794. The lowest BCUT2D eigenvalue weighted by Crippen LogP contribution is -2.35. The number of para-hydroxylation sites is 2. The first-order valence-electron chi connectivity index (χ1n) is 8.24. The van der Waals surface area contributed by atoms with Crippen LogP contribution in [0.4, 0.5) is 0 Å². The van der Waals surface area contributed by atoms with Crippen molar-refractivity contribution in [2.75, 3.05) is 13.2 Å². The van der Waals surface area contributed by atoms with Crippen LogP contribution in [-0.4, -0.2) is 33.8 Å². The minimum atomic E-state index is -0.120. The van der Waals surface area contributed by atoms with Crippen molar-refractivity contribution in [3.8, 4) is 11.4 Å². The highest BCUT2D eigenvalue weighted by Gasteiger charge is 2.21. The summed E-state index contributed by atoms with van der Waals surface area (Å²) < 4.78 is 7.38. The Morgan fingerprint density at radius 3 is 2.92 bits per heavy atom. The smallest absolute Gasteiger partial charge is 0.253 e. The number of amides is 1. The first-order chi connectivity index (χ1) is 12.3. The van der Waals surface area contributed by atoms with E-state index in [4.69, 9.17) is 4.74 Å². The van der Waals surface area contributed by atoms with E-state index in [0.717, 1.165) is 12.2 Å². The Balaban J connectivity index is 1.44. The zero-order valence-electron chi connectivity index (χ0n) is 13.6. The van der Waals surface area contributed by atoms with E-state index in [-0.39, 0.29) is 11.8 Å². The topological polar surface area (TPSA) is 69.0 Å². The molecule has 1 atom stereocenters. The molecule has 0 fully saturated rings. The van der Waals surface area contributed by atoms with E-state index in [1.54, 1.807) is 17.1 Å². The highest BCUT2D eigenvalue weighted by atomic mass is 16.5. The summed E-state index contributed by atoms with van der Waals surface area (Å²) in [4.78, 5) is 16.6. The third-order valence-corrected chi connectivity index (χ3v) is 4.32. The Bertz CT molecular complexity index is 877. The van der Waals surface area contributed by atoms with Gasteiger partial charge in [0.05, 0.1) is 17.9 Å². The number of ether oxygens (including phenoxy) is 1. The monoisotopic (exact) mass is 334 g/mol. The molecule has 4 rings (SSSR count). The molecule has 0 bridgehead atoms. The lowest BCUT2D eigenvalue weighted by atomic mass is 9.96. The van der Waals surface area contributed by atoms with Crippen molar-refractivity contribution in [1.82, 2.24) is 20.1 Å². The second-order valence-corrected chi connectivity index (χ2v) is 6.06. The summed E-state index contributed by atoms with van der Waals surface area (Å²) in [6.45, 7) is 1.18. The van der Waals surface area contributed by atoms with Gasteiger partial charge in [-0.3, -0.25) is 4.79 Å². The minimum Gasteiger partial charge on any atom is -0.493 e. The van der Waals surface area contributed by atoms with Gasteiger partial charge in [0.1, 0.15) is 18.4 Å². The van der Waals surface area contributed by atoms with Gasteiger partial charge >= 0.3 is 0 Å². The van der Waals surface area contributed by atoms with Gasteiger partial charge < -0.3 is 10.1 Å². The molecule has 1 N–H and O–H groups in total. The van der Waals surface area contributed by atoms with Gasteiger partial charge in [0.25, 0.3) is 5.91 Å². The molecule has 25 heavy (non-hydrogen) atoms. The molecule has 0 saturated carbocycles. The van der Waals surface area contributed by atoms with Gasteiger partial charge in [-0.2, -0.15) is 5.10 Å². The molecule has 0 unspecified atom stereocenters. The van der Waals surface area contributed by atoms with Crippen LogP contribution in [0, 0.1) is 5.92 Å². The first kappa shape index (κ1) is 15.4. The van der Waals surface area contributed by atoms with Crippen LogP contribution in [0.5, 0.6) is 5.75 Å². The molecule has 126 valence electrons. The van der Waals surface area contributed by atoms with Crippen LogP contribution in [0.1, 0.15) is 15.9 Å². The summed E-state index contributed by atoms with van der Waals surface area (Å²) in [5.41, 5.74) is 2.48. The Morgan fingerprint density at radius 1 is 1.20 bits per heavy atom. The van der Waals surface area contributed by atoms with E-state index >= 15 is 0 Å². The number of hydrogen-bond acceptors (Lipinski definition) is 4. The van der Waals surface area contributed by atoms with Crippen LogP contribution in [0.3, 0.4) is 0 Å². The van der Waals surface area contributed by atoms with Gasteiger partial charge in [0, 0.05) is 12.5 Å². The average Bonchev–Trinajstić information content (AvgIpc) is 3.20. The number of carbonyl (C=O) groups is 1. The molecular formula is C19H18N4O2. The Labute approximate surface area is 145 Å². The summed E-state index contributed by atoms with van der Waals surface area (Å²) in [6.07, 6.45) is 3.94. The zero-order valence-corrected chi connectivity index (χ0v) is 13.6. The minimum absolute atomic E-state index is 0.120. The molecule has 0 saturated heterocycles. The molecule has 2 aromatic carbocycles. The number of nitrogens with zero attached hydrogens (tertiary/aromatic N) is 3. The van der Waals surface area contributed by atoms with Crippen molar-refractivity contribution in [3.63, 3.8) is 0 Å². The van der Waals surface area contributed by atoms with Crippen molar-refractivity contribution < 1.29 is 9.53 Å². The maximum absolute atomic E-state index is 12.6. The van der Waals surface area contributed by atoms with Crippen LogP contribution in [0.25, 0.3) is 5.69 Å². The highest BCUT2D eigenvalue weighted by Crippen LogP contribution is 2.26. The third kappa shape index (κ3) is 3.24. The van der Waals surface area contributed by atoms with Crippen molar-refractivity contribution in [2.45, 2.75) is 6.42 Å². The number of nitrogens with one attached hydrogen (secondary N) is 1. The van der Waals surface area contributed by atoms with Crippen LogP contribution < -0.4 is 10.1 Å². The second-order valence-electron chi connectivity index (χ2n) is 6.06. The molecule has 3 aromatic rings. The molecule has 0 spiro atoms. The zero-order chi connectivity index (χ0) is 17.1. The predicted octanol–water partition coefficient (Wildman–Crippen LogP) is 2.25. The number of carbonyl (C=O) groups excluding carboxylic acids is 1. The molecule has 1 aliphatic heterocycles. The summed E-state index contributed by atoms with van der Waals surface area (Å²) >= 11 is 0. The maximum atomic E-state index is 12.6. The molecule has 1 aliphatic rings. The normalized spacial score (nSPS) is 15.9. The molecule has 1 aromatic heterocycles. The lowest BCUT2D eigenvalue weighted by molar-refractivity contribution is 0.0939. The molecule has 6 nitrogen and oxygen atoms in total. The van der Waals surface area contributed by atoms with E-state index in [2.05, 4.69) is 21.5 Å². The highest BCUT2D eigenvalue weighted by molar-refractivity contribution is 5.97. The van der Waals surface area contributed by atoms with Crippen molar-refractivity contribution in [2.24, 2.45) is 5.92 Å². The largest absolute Gasteiger partial charge is 0.493 e. The number of benzene rings is 2. The molecule has 0 aliphatic carbocycles. The summed E-state index contributed by atoms with van der Waals surface area (Å²) in [6, 6.07) is 15.4. The molecule has 2 heterocycles. The lowest BCUT2D eigenvalue weighted by Gasteiger charge is -2.25. The van der Waals surface area contributed by atoms with Crippen molar-refractivity contribution >= 4 is 5.91 Å². The Kier molecular flexibility index (Phi) is 4.16.